The number of ether oxygens (including phenoxy) is 2. The molecule has 25 heavy (non-hydrogen) atoms. The summed E-state index contributed by atoms with van der Waals surface area (Å²) >= 11 is 0. The number of hydrogen-bond acceptors (Lipinski definition) is 4. The summed E-state index contributed by atoms with van der Waals surface area (Å²) in [5.41, 5.74) is 3.50. The molecule has 0 atom stereocenters. The van der Waals surface area contributed by atoms with Crippen LogP contribution in [-0.4, -0.2) is 30.3 Å². The zero-order chi connectivity index (χ0) is 17.8. The minimum absolute atomic E-state index is 0.500. The fourth-order valence-electron chi connectivity index (χ4n) is 2.50. The highest BCUT2D eigenvalue weighted by atomic mass is 16.5. The molecule has 0 fully saturated rings. The van der Waals surface area contributed by atoms with Gasteiger partial charge in [-0.2, -0.15) is 5.10 Å². The molecule has 0 radical (unpaired) electrons. The molecule has 0 aliphatic rings. The van der Waals surface area contributed by atoms with E-state index in [2.05, 4.69) is 11.7 Å². The normalized spacial score (nSPS) is 10.3. The van der Waals surface area contributed by atoms with Crippen LogP contribution in [0, 0.1) is 0 Å². The third-order valence-corrected chi connectivity index (χ3v) is 3.93. The van der Waals surface area contributed by atoms with E-state index in [0.717, 1.165) is 28.9 Å². The van der Waals surface area contributed by atoms with Crippen LogP contribution in [0.2, 0.25) is 0 Å². The van der Waals surface area contributed by atoms with Crippen molar-refractivity contribution in [1.29, 1.82) is 0 Å². The molecule has 0 aliphatic carbocycles. The Balaban J connectivity index is 1.95. The van der Waals surface area contributed by atoms with Crippen LogP contribution >= 0.6 is 0 Å². The second-order valence-corrected chi connectivity index (χ2v) is 5.40. The van der Waals surface area contributed by atoms with Gasteiger partial charge >= 0.3 is 0 Å². The maximum absolute atomic E-state index is 11.5. The van der Waals surface area contributed by atoms with Gasteiger partial charge in [0.05, 0.1) is 25.5 Å². The number of carbonyl (C=O) groups is 1. The van der Waals surface area contributed by atoms with Gasteiger partial charge in [0, 0.05) is 11.8 Å². The standard InChI is InChI=1S/C20H18N2O3/c1-14(15-4-8-18(24-2)9-5-15)22-12-17(13-23)20(21-22)16-6-10-19(25-3)11-7-16/h4-13H,1H2,2-3H3. The lowest BCUT2D eigenvalue weighted by molar-refractivity contribution is 0.112. The molecule has 5 heteroatoms. The Labute approximate surface area is 146 Å². The molecule has 0 saturated heterocycles. The third-order valence-electron chi connectivity index (χ3n) is 3.93. The molecule has 5 nitrogen and oxygen atoms in total. The van der Waals surface area contributed by atoms with Crippen LogP contribution in [-0.2, 0) is 0 Å². The van der Waals surface area contributed by atoms with Gasteiger partial charge in [-0.3, -0.25) is 4.79 Å². The largest absolute Gasteiger partial charge is 0.497 e. The molecular weight excluding hydrogens is 316 g/mol. The Morgan fingerprint density at radius 2 is 1.56 bits per heavy atom. The number of aldehydes is 1. The fraction of sp³-hybridized carbons (Fsp3) is 0.100. The molecule has 0 aliphatic heterocycles. The molecule has 1 heterocycles. The molecule has 0 amide bonds. The summed E-state index contributed by atoms with van der Waals surface area (Å²) in [5, 5.41) is 4.54. The van der Waals surface area contributed by atoms with Crippen molar-refractivity contribution in [1.82, 2.24) is 9.78 Å². The van der Waals surface area contributed by atoms with Crippen molar-refractivity contribution < 1.29 is 14.3 Å². The summed E-state index contributed by atoms with van der Waals surface area (Å²) < 4.78 is 11.9. The summed E-state index contributed by atoms with van der Waals surface area (Å²) in [5.74, 6) is 1.52. The Morgan fingerprint density at radius 3 is 2.08 bits per heavy atom. The maximum atomic E-state index is 11.5. The van der Waals surface area contributed by atoms with Gasteiger partial charge in [-0.15, -0.1) is 0 Å². The highest BCUT2D eigenvalue weighted by Gasteiger charge is 2.13. The SMILES string of the molecule is C=C(c1ccc(OC)cc1)n1cc(C=O)c(-c2ccc(OC)cc2)n1. The van der Waals surface area contributed by atoms with Gasteiger partial charge in [0.15, 0.2) is 6.29 Å². The monoisotopic (exact) mass is 334 g/mol. The van der Waals surface area contributed by atoms with E-state index in [1.807, 2.05) is 48.5 Å². The van der Waals surface area contributed by atoms with E-state index in [-0.39, 0.29) is 0 Å². The van der Waals surface area contributed by atoms with Crippen LogP contribution < -0.4 is 9.47 Å². The van der Waals surface area contributed by atoms with Crippen molar-refractivity contribution in [3.05, 3.63) is 72.4 Å². The number of hydrogen-bond donors (Lipinski definition) is 0. The highest BCUT2D eigenvalue weighted by Crippen LogP contribution is 2.26. The topological polar surface area (TPSA) is 53.4 Å². The molecule has 0 spiro atoms. The van der Waals surface area contributed by atoms with Gasteiger partial charge in [0.25, 0.3) is 0 Å². The van der Waals surface area contributed by atoms with Gasteiger partial charge < -0.3 is 9.47 Å². The first-order chi connectivity index (χ1) is 12.2. The van der Waals surface area contributed by atoms with Crippen LogP contribution in [0.5, 0.6) is 11.5 Å². The van der Waals surface area contributed by atoms with E-state index in [1.54, 1.807) is 25.1 Å². The predicted molar refractivity (Wildman–Crippen MR) is 97.0 cm³/mol. The zero-order valence-electron chi connectivity index (χ0n) is 14.1. The Kier molecular flexibility index (Phi) is 4.66. The first kappa shape index (κ1) is 16.5. The van der Waals surface area contributed by atoms with Crippen LogP contribution in [0.3, 0.4) is 0 Å². The second kappa shape index (κ2) is 7.05. The number of carbonyl (C=O) groups excluding carboxylic acids is 1. The van der Waals surface area contributed by atoms with Crippen molar-refractivity contribution in [2.24, 2.45) is 0 Å². The average Bonchev–Trinajstić information content (AvgIpc) is 3.12. The summed E-state index contributed by atoms with van der Waals surface area (Å²) in [4.78, 5) is 11.5. The highest BCUT2D eigenvalue weighted by molar-refractivity contribution is 5.86. The summed E-state index contributed by atoms with van der Waals surface area (Å²) in [6.45, 7) is 4.08. The Bertz CT molecular complexity index is 894. The lowest BCUT2D eigenvalue weighted by Gasteiger charge is -2.07. The van der Waals surface area contributed by atoms with Crippen molar-refractivity contribution in [2.75, 3.05) is 14.2 Å². The molecule has 3 rings (SSSR count). The maximum Gasteiger partial charge on any atom is 0.153 e. The van der Waals surface area contributed by atoms with E-state index in [4.69, 9.17) is 9.47 Å². The summed E-state index contributed by atoms with van der Waals surface area (Å²) in [7, 11) is 3.23. The van der Waals surface area contributed by atoms with Crippen LogP contribution in [0.15, 0.2) is 61.3 Å². The summed E-state index contributed by atoms with van der Waals surface area (Å²) in [6, 6.07) is 14.9. The van der Waals surface area contributed by atoms with Crippen LogP contribution in [0.1, 0.15) is 15.9 Å². The van der Waals surface area contributed by atoms with Crippen LogP contribution in [0.25, 0.3) is 17.0 Å². The minimum Gasteiger partial charge on any atom is -0.497 e. The minimum atomic E-state index is 0.500. The molecule has 0 bridgehead atoms. The van der Waals surface area contributed by atoms with E-state index in [9.17, 15) is 4.79 Å². The lowest BCUT2D eigenvalue weighted by atomic mass is 10.1. The number of rotatable bonds is 6. The molecule has 0 saturated carbocycles. The third kappa shape index (κ3) is 3.30. The molecular formula is C20H18N2O3. The lowest BCUT2D eigenvalue weighted by Crippen LogP contribution is -1.98. The van der Waals surface area contributed by atoms with Crippen molar-refractivity contribution in [3.63, 3.8) is 0 Å². The molecule has 0 unspecified atom stereocenters. The van der Waals surface area contributed by atoms with E-state index in [1.165, 1.54) is 0 Å². The van der Waals surface area contributed by atoms with Gasteiger partial charge in [0.1, 0.15) is 17.2 Å². The first-order valence-electron chi connectivity index (χ1n) is 7.69. The number of methoxy groups -OCH3 is 2. The average molecular weight is 334 g/mol. The molecule has 1 aromatic heterocycles. The van der Waals surface area contributed by atoms with Gasteiger partial charge in [-0.05, 0) is 54.1 Å². The van der Waals surface area contributed by atoms with E-state index < -0.39 is 0 Å². The first-order valence-corrected chi connectivity index (χ1v) is 7.69. The quantitative estimate of drug-likeness (QED) is 0.642. The zero-order valence-corrected chi connectivity index (χ0v) is 14.1. The van der Waals surface area contributed by atoms with Crippen LogP contribution in [0.4, 0.5) is 0 Å². The number of benzene rings is 2. The number of nitrogens with zero attached hydrogens (tertiary/aromatic N) is 2. The molecule has 3 aromatic rings. The molecule has 0 N–H and O–H groups in total. The fourth-order valence-corrected chi connectivity index (χ4v) is 2.50. The van der Waals surface area contributed by atoms with Crippen molar-refractivity contribution in [3.8, 4) is 22.8 Å². The predicted octanol–water partition coefficient (Wildman–Crippen LogP) is 3.90. The Morgan fingerprint density at radius 1 is 1.00 bits per heavy atom. The number of aromatic nitrogens is 2. The molecule has 2 aromatic carbocycles. The smallest absolute Gasteiger partial charge is 0.153 e. The van der Waals surface area contributed by atoms with Gasteiger partial charge in [-0.1, -0.05) is 6.58 Å². The van der Waals surface area contributed by atoms with Crippen molar-refractivity contribution in [2.45, 2.75) is 0 Å². The van der Waals surface area contributed by atoms with E-state index >= 15 is 0 Å². The second-order valence-electron chi connectivity index (χ2n) is 5.40. The molecule has 126 valence electrons. The van der Waals surface area contributed by atoms with E-state index in [0.29, 0.717) is 17.0 Å². The van der Waals surface area contributed by atoms with Crippen molar-refractivity contribution >= 4 is 12.0 Å². The van der Waals surface area contributed by atoms with Gasteiger partial charge in [-0.25, -0.2) is 4.68 Å². The summed E-state index contributed by atoms with van der Waals surface area (Å²) in [6.07, 6.45) is 2.48. The van der Waals surface area contributed by atoms with Gasteiger partial charge in [0.2, 0.25) is 0 Å². The Hall–Kier alpha value is -3.34.